The summed E-state index contributed by atoms with van der Waals surface area (Å²) in [7, 11) is 0. The van der Waals surface area contributed by atoms with Crippen LogP contribution >= 0.6 is 27.7 Å². The number of hydrogen-bond acceptors (Lipinski definition) is 3. The van der Waals surface area contributed by atoms with Crippen LogP contribution in [0, 0.1) is 0 Å². The SMILES string of the molecule is O=C(CBr)c1ccccc1Oc1ccc(SC(F)(F)F)cc1. The Morgan fingerprint density at radius 3 is 2.32 bits per heavy atom. The van der Waals surface area contributed by atoms with Gasteiger partial charge in [-0.2, -0.15) is 13.2 Å². The molecule has 0 atom stereocenters. The fourth-order valence-corrected chi connectivity index (χ4v) is 2.54. The monoisotopic (exact) mass is 390 g/mol. The van der Waals surface area contributed by atoms with Crippen LogP contribution in [0.5, 0.6) is 11.5 Å². The minimum Gasteiger partial charge on any atom is -0.457 e. The maximum atomic E-state index is 12.3. The van der Waals surface area contributed by atoms with Crippen LogP contribution in [-0.4, -0.2) is 16.6 Å². The molecule has 0 aliphatic heterocycles. The minimum atomic E-state index is -4.32. The van der Waals surface area contributed by atoms with Crippen LogP contribution in [0.2, 0.25) is 0 Å². The third kappa shape index (κ3) is 4.78. The summed E-state index contributed by atoms with van der Waals surface area (Å²) in [6.45, 7) is 0. The normalized spacial score (nSPS) is 11.3. The smallest absolute Gasteiger partial charge is 0.446 e. The van der Waals surface area contributed by atoms with Gasteiger partial charge >= 0.3 is 5.51 Å². The molecule has 2 rings (SSSR count). The fraction of sp³-hybridized carbons (Fsp3) is 0.133. The predicted molar refractivity (Wildman–Crippen MR) is 83.0 cm³/mol. The van der Waals surface area contributed by atoms with E-state index >= 15 is 0 Å². The largest absolute Gasteiger partial charge is 0.457 e. The zero-order valence-corrected chi connectivity index (χ0v) is 13.5. The summed E-state index contributed by atoms with van der Waals surface area (Å²) >= 11 is 2.91. The van der Waals surface area contributed by atoms with E-state index in [9.17, 15) is 18.0 Å². The van der Waals surface area contributed by atoms with Crippen LogP contribution in [0.15, 0.2) is 53.4 Å². The van der Waals surface area contributed by atoms with Crippen molar-refractivity contribution in [1.82, 2.24) is 0 Å². The maximum Gasteiger partial charge on any atom is 0.446 e. The van der Waals surface area contributed by atoms with Gasteiger partial charge in [0.25, 0.3) is 0 Å². The van der Waals surface area contributed by atoms with Crippen molar-refractivity contribution in [2.45, 2.75) is 10.4 Å². The highest BCUT2D eigenvalue weighted by molar-refractivity contribution is 9.09. The third-order valence-electron chi connectivity index (χ3n) is 2.59. The summed E-state index contributed by atoms with van der Waals surface area (Å²) in [6.07, 6.45) is 0. The van der Waals surface area contributed by atoms with E-state index in [2.05, 4.69) is 15.9 Å². The van der Waals surface area contributed by atoms with E-state index < -0.39 is 5.51 Å². The molecule has 116 valence electrons. The molecule has 0 saturated heterocycles. The van der Waals surface area contributed by atoms with Crippen molar-refractivity contribution in [3.05, 3.63) is 54.1 Å². The zero-order valence-electron chi connectivity index (χ0n) is 11.1. The topological polar surface area (TPSA) is 26.3 Å². The van der Waals surface area contributed by atoms with E-state index in [1.54, 1.807) is 24.3 Å². The van der Waals surface area contributed by atoms with Gasteiger partial charge in [0.05, 0.1) is 10.9 Å². The Labute approximate surface area is 137 Å². The highest BCUT2D eigenvalue weighted by Gasteiger charge is 2.29. The number of thioether (sulfide) groups is 1. The van der Waals surface area contributed by atoms with Gasteiger partial charge in [-0.3, -0.25) is 4.79 Å². The van der Waals surface area contributed by atoms with Crippen molar-refractivity contribution in [3.63, 3.8) is 0 Å². The van der Waals surface area contributed by atoms with Crippen molar-refractivity contribution in [3.8, 4) is 11.5 Å². The number of ether oxygens (including phenoxy) is 1. The Kier molecular flexibility index (Phi) is 5.52. The van der Waals surface area contributed by atoms with Crippen LogP contribution < -0.4 is 4.74 Å². The molecule has 2 aromatic rings. The lowest BCUT2D eigenvalue weighted by atomic mass is 10.1. The van der Waals surface area contributed by atoms with Gasteiger partial charge in [-0.1, -0.05) is 28.1 Å². The Morgan fingerprint density at radius 2 is 1.73 bits per heavy atom. The number of halogens is 4. The molecule has 0 saturated carbocycles. The van der Waals surface area contributed by atoms with E-state index in [1.165, 1.54) is 24.3 Å². The molecular formula is C15H10BrF3O2S. The zero-order chi connectivity index (χ0) is 16.2. The number of hydrogen-bond donors (Lipinski definition) is 0. The van der Waals surface area contributed by atoms with E-state index in [0.717, 1.165) is 0 Å². The molecule has 22 heavy (non-hydrogen) atoms. The van der Waals surface area contributed by atoms with Crippen LogP contribution in [-0.2, 0) is 0 Å². The summed E-state index contributed by atoms with van der Waals surface area (Å²) in [5, 5.41) is 0.161. The molecule has 0 bridgehead atoms. The highest BCUT2D eigenvalue weighted by Crippen LogP contribution is 2.37. The number of carbonyl (C=O) groups excluding carboxylic acids is 1. The van der Waals surface area contributed by atoms with Gasteiger partial charge in [0.15, 0.2) is 5.78 Å². The van der Waals surface area contributed by atoms with Crippen molar-refractivity contribution < 1.29 is 22.7 Å². The Morgan fingerprint density at radius 1 is 1.09 bits per heavy atom. The molecule has 0 aliphatic rings. The lowest BCUT2D eigenvalue weighted by Crippen LogP contribution is -2.02. The first-order chi connectivity index (χ1) is 10.4. The second-order valence-corrected chi connectivity index (χ2v) is 5.87. The quantitative estimate of drug-likeness (QED) is 0.373. The second-order valence-electron chi connectivity index (χ2n) is 4.17. The summed E-state index contributed by atoms with van der Waals surface area (Å²) < 4.78 is 42.4. The molecule has 2 aromatic carbocycles. The summed E-state index contributed by atoms with van der Waals surface area (Å²) in [5.41, 5.74) is -3.91. The fourth-order valence-electron chi connectivity index (χ4n) is 1.69. The first-order valence-electron chi connectivity index (χ1n) is 6.11. The molecule has 0 spiro atoms. The van der Waals surface area contributed by atoms with E-state index in [1.807, 2.05) is 0 Å². The first kappa shape index (κ1) is 16.9. The van der Waals surface area contributed by atoms with Gasteiger partial charge in [0, 0.05) is 4.90 Å². The number of carbonyl (C=O) groups is 1. The van der Waals surface area contributed by atoms with E-state index in [0.29, 0.717) is 17.1 Å². The average molecular weight is 391 g/mol. The van der Waals surface area contributed by atoms with E-state index in [-0.39, 0.29) is 27.8 Å². The summed E-state index contributed by atoms with van der Waals surface area (Å²) in [6, 6.07) is 12.2. The van der Waals surface area contributed by atoms with E-state index in [4.69, 9.17) is 4.74 Å². The summed E-state index contributed by atoms with van der Waals surface area (Å²) in [4.78, 5) is 11.9. The van der Waals surface area contributed by atoms with Crippen LogP contribution in [0.3, 0.4) is 0 Å². The van der Waals surface area contributed by atoms with Crippen molar-refractivity contribution in [2.24, 2.45) is 0 Å². The van der Waals surface area contributed by atoms with Crippen LogP contribution in [0.4, 0.5) is 13.2 Å². The third-order valence-corrected chi connectivity index (χ3v) is 3.84. The Hall–Kier alpha value is -1.47. The Balaban J connectivity index is 2.16. The van der Waals surface area contributed by atoms with Gasteiger partial charge < -0.3 is 4.74 Å². The predicted octanol–water partition coefficient (Wildman–Crippen LogP) is 5.67. The molecule has 2 nitrogen and oxygen atoms in total. The number of Topliss-reactive ketones (excluding diaryl/α,β-unsaturated/α-hetero) is 1. The lowest BCUT2D eigenvalue weighted by Gasteiger charge is -2.10. The number of rotatable bonds is 5. The maximum absolute atomic E-state index is 12.3. The van der Waals surface area contributed by atoms with Crippen LogP contribution in [0.1, 0.15) is 10.4 Å². The molecule has 0 N–H and O–H groups in total. The van der Waals surface area contributed by atoms with Gasteiger partial charge in [-0.05, 0) is 48.2 Å². The van der Waals surface area contributed by atoms with Crippen molar-refractivity contribution >= 4 is 33.5 Å². The van der Waals surface area contributed by atoms with Crippen molar-refractivity contribution in [1.29, 1.82) is 0 Å². The molecule has 0 fully saturated rings. The molecule has 0 unspecified atom stereocenters. The molecule has 0 amide bonds. The molecule has 0 aliphatic carbocycles. The first-order valence-corrected chi connectivity index (χ1v) is 8.05. The molecule has 0 heterocycles. The molecule has 7 heteroatoms. The lowest BCUT2D eigenvalue weighted by molar-refractivity contribution is -0.0328. The number of benzene rings is 2. The number of alkyl halides is 4. The van der Waals surface area contributed by atoms with Crippen molar-refractivity contribution in [2.75, 3.05) is 5.33 Å². The molecule has 0 radical (unpaired) electrons. The molecule has 0 aromatic heterocycles. The second kappa shape index (κ2) is 7.19. The van der Waals surface area contributed by atoms with Gasteiger partial charge in [0.2, 0.25) is 0 Å². The summed E-state index contributed by atoms with van der Waals surface area (Å²) in [5.74, 6) is 0.587. The Bertz CT molecular complexity index is 657. The number of para-hydroxylation sites is 1. The van der Waals surface area contributed by atoms with Gasteiger partial charge in [-0.25, -0.2) is 0 Å². The average Bonchev–Trinajstić information content (AvgIpc) is 2.47. The minimum absolute atomic E-state index is 0.0738. The van der Waals surface area contributed by atoms with Gasteiger partial charge in [0.1, 0.15) is 11.5 Å². The molecular weight excluding hydrogens is 381 g/mol. The van der Waals surface area contributed by atoms with Gasteiger partial charge in [-0.15, -0.1) is 0 Å². The number of ketones is 1. The van der Waals surface area contributed by atoms with Crippen LogP contribution in [0.25, 0.3) is 0 Å². The highest BCUT2D eigenvalue weighted by atomic mass is 79.9. The standard InChI is InChI=1S/C15H10BrF3O2S/c16-9-13(20)12-3-1-2-4-14(12)21-10-5-7-11(8-6-10)22-15(17,18)19/h1-8H,9H2.